The van der Waals surface area contributed by atoms with Gasteiger partial charge in [-0.15, -0.1) is 0 Å². The first kappa shape index (κ1) is 9.47. The van der Waals surface area contributed by atoms with Crippen molar-refractivity contribution in [1.29, 1.82) is 0 Å². The van der Waals surface area contributed by atoms with Crippen molar-refractivity contribution in [2.75, 3.05) is 20.6 Å². The fraction of sp³-hybridized carbons (Fsp3) is 1.00. The molecule has 13 heavy (non-hydrogen) atoms. The second-order valence-electron chi connectivity index (χ2n) is 4.78. The van der Waals surface area contributed by atoms with Gasteiger partial charge in [0.2, 0.25) is 0 Å². The molecule has 2 fully saturated rings. The summed E-state index contributed by atoms with van der Waals surface area (Å²) >= 11 is 0. The second kappa shape index (κ2) is 3.97. The largest absolute Gasteiger partial charge is 0.320 e. The van der Waals surface area contributed by atoms with Crippen molar-refractivity contribution in [3.63, 3.8) is 0 Å². The van der Waals surface area contributed by atoms with Crippen molar-refractivity contribution in [1.82, 2.24) is 10.2 Å². The molecular formula is C11H22N2. The van der Waals surface area contributed by atoms with Crippen molar-refractivity contribution in [2.24, 2.45) is 5.92 Å². The summed E-state index contributed by atoms with van der Waals surface area (Å²) in [4.78, 5) is 2.62. The predicted molar refractivity (Wildman–Crippen MR) is 55.8 cm³/mol. The van der Waals surface area contributed by atoms with Gasteiger partial charge in [0.1, 0.15) is 0 Å². The van der Waals surface area contributed by atoms with Crippen LogP contribution in [0.5, 0.6) is 0 Å². The van der Waals surface area contributed by atoms with Crippen LogP contribution in [0.25, 0.3) is 0 Å². The number of hydrogen-bond donors (Lipinski definition) is 1. The van der Waals surface area contributed by atoms with Gasteiger partial charge in [-0.2, -0.15) is 0 Å². The summed E-state index contributed by atoms with van der Waals surface area (Å²) in [6.45, 7) is 1.20. The molecule has 2 aliphatic heterocycles. The molecule has 0 aromatic heterocycles. The molecule has 76 valence electrons. The average Bonchev–Trinajstić information content (AvgIpc) is 2.41. The molecular weight excluding hydrogens is 160 g/mol. The first-order valence-electron chi connectivity index (χ1n) is 5.67. The fourth-order valence-electron chi connectivity index (χ4n) is 3.11. The highest BCUT2D eigenvalue weighted by molar-refractivity contribution is 4.93. The van der Waals surface area contributed by atoms with Gasteiger partial charge >= 0.3 is 0 Å². The summed E-state index contributed by atoms with van der Waals surface area (Å²) in [5.74, 6) is 1.00. The highest BCUT2D eigenvalue weighted by atomic mass is 15.2. The SMILES string of the molecule is CNCCC1CC2CCC(C1)N2C. The van der Waals surface area contributed by atoms with Crippen LogP contribution in [0, 0.1) is 5.92 Å². The van der Waals surface area contributed by atoms with Crippen molar-refractivity contribution >= 4 is 0 Å². The van der Waals surface area contributed by atoms with E-state index in [0.29, 0.717) is 0 Å². The second-order valence-corrected chi connectivity index (χ2v) is 4.78. The van der Waals surface area contributed by atoms with Crippen molar-refractivity contribution in [2.45, 2.75) is 44.2 Å². The van der Waals surface area contributed by atoms with Crippen molar-refractivity contribution < 1.29 is 0 Å². The zero-order valence-corrected chi connectivity index (χ0v) is 8.92. The van der Waals surface area contributed by atoms with E-state index in [1.807, 2.05) is 0 Å². The number of hydrogen-bond acceptors (Lipinski definition) is 2. The van der Waals surface area contributed by atoms with E-state index in [-0.39, 0.29) is 0 Å². The zero-order valence-electron chi connectivity index (χ0n) is 8.92. The van der Waals surface area contributed by atoms with Gasteiger partial charge < -0.3 is 10.2 Å². The maximum Gasteiger partial charge on any atom is 0.00983 e. The fourth-order valence-corrected chi connectivity index (χ4v) is 3.11. The lowest BCUT2D eigenvalue weighted by atomic mass is 9.88. The van der Waals surface area contributed by atoms with Gasteiger partial charge in [-0.1, -0.05) is 0 Å². The summed E-state index contributed by atoms with van der Waals surface area (Å²) in [6, 6.07) is 1.83. The van der Waals surface area contributed by atoms with E-state index in [4.69, 9.17) is 0 Å². The summed E-state index contributed by atoms with van der Waals surface area (Å²) < 4.78 is 0. The number of fused-ring (bicyclic) bond motifs is 2. The molecule has 0 spiro atoms. The lowest BCUT2D eigenvalue weighted by Crippen LogP contribution is -2.40. The van der Waals surface area contributed by atoms with Crippen molar-refractivity contribution in [3.05, 3.63) is 0 Å². The average molecular weight is 182 g/mol. The highest BCUT2D eigenvalue weighted by Crippen LogP contribution is 2.38. The summed E-state index contributed by atoms with van der Waals surface area (Å²) in [6.07, 6.45) is 7.20. The molecule has 2 heterocycles. The van der Waals surface area contributed by atoms with E-state index in [9.17, 15) is 0 Å². The van der Waals surface area contributed by atoms with Gasteiger partial charge in [0, 0.05) is 12.1 Å². The van der Waals surface area contributed by atoms with Crippen LogP contribution in [0.15, 0.2) is 0 Å². The van der Waals surface area contributed by atoms with Gasteiger partial charge in [-0.05, 0) is 58.7 Å². The number of nitrogens with zero attached hydrogens (tertiary/aromatic N) is 1. The quantitative estimate of drug-likeness (QED) is 0.711. The Hall–Kier alpha value is -0.0800. The number of piperidine rings is 1. The Labute approximate surface area is 81.7 Å². The van der Waals surface area contributed by atoms with Crippen LogP contribution >= 0.6 is 0 Å². The third-order valence-corrected chi connectivity index (χ3v) is 4.00. The Morgan fingerprint density at radius 2 is 1.85 bits per heavy atom. The van der Waals surface area contributed by atoms with E-state index in [2.05, 4.69) is 24.3 Å². The Bertz CT molecular complexity index is 155. The van der Waals surface area contributed by atoms with Crippen LogP contribution in [0.1, 0.15) is 32.1 Å². The molecule has 0 aromatic carbocycles. The molecule has 1 N–H and O–H groups in total. The molecule has 0 radical (unpaired) electrons. The molecule has 2 saturated heterocycles. The number of rotatable bonds is 3. The maximum absolute atomic E-state index is 3.26. The van der Waals surface area contributed by atoms with Crippen molar-refractivity contribution in [3.8, 4) is 0 Å². The molecule has 2 bridgehead atoms. The minimum Gasteiger partial charge on any atom is -0.320 e. The van der Waals surface area contributed by atoms with Crippen LogP contribution in [0.3, 0.4) is 0 Å². The van der Waals surface area contributed by atoms with Crippen LogP contribution in [0.2, 0.25) is 0 Å². The predicted octanol–water partition coefficient (Wildman–Crippen LogP) is 1.47. The first-order valence-corrected chi connectivity index (χ1v) is 5.67. The normalized spacial score (nSPS) is 39.7. The first-order chi connectivity index (χ1) is 6.31. The standard InChI is InChI=1S/C11H22N2/c1-12-6-5-9-7-10-3-4-11(8-9)13(10)2/h9-12H,3-8H2,1-2H3. The Morgan fingerprint density at radius 3 is 2.38 bits per heavy atom. The molecule has 2 aliphatic rings. The topological polar surface area (TPSA) is 15.3 Å². The van der Waals surface area contributed by atoms with Gasteiger partial charge in [-0.3, -0.25) is 0 Å². The highest BCUT2D eigenvalue weighted by Gasteiger charge is 2.37. The number of nitrogens with one attached hydrogen (secondary N) is 1. The van der Waals surface area contributed by atoms with E-state index < -0.39 is 0 Å². The third-order valence-electron chi connectivity index (χ3n) is 4.00. The summed E-state index contributed by atoms with van der Waals surface area (Å²) in [7, 11) is 4.38. The van der Waals surface area contributed by atoms with E-state index in [1.165, 1.54) is 38.6 Å². The van der Waals surface area contributed by atoms with Crippen LogP contribution in [-0.2, 0) is 0 Å². The minimum absolute atomic E-state index is 0.917. The molecule has 2 atom stereocenters. The Morgan fingerprint density at radius 1 is 1.23 bits per heavy atom. The molecule has 0 aliphatic carbocycles. The van der Waals surface area contributed by atoms with Crippen LogP contribution in [-0.4, -0.2) is 37.6 Å². The van der Waals surface area contributed by atoms with Gasteiger partial charge in [0.25, 0.3) is 0 Å². The smallest absolute Gasteiger partial charge is 0.00983 e. The molecule has 0 aromatic rings. The van der Waals surface area contributed by atoms with Gasteiger partial charge in [0.15, 0.2) is 0 Å². The minimum atomic E-state index is 0.917. The van der Waals surface area contributed by atoms with Crippen LogP contribution in [0.4, 0.5) is 0 Å². The maximum atomic E-state index is 3.26. The summed E-state index contributed by atoms with van der Waals surface area (Å²) in [5.41, 5.74) is 0. The zero-order chi connectivity index (χ0) is 9.26. The Kier molecular flexibility index (Phi) is 2.89. The van der Waals surface area contributed by atoms with Gasteiger partial charge in [-0.25, -0.2) is 0 Å². The van der Waals surface area contributed by atoms with E-state index >= 15 is 0 Å². The molecule has 2 rings (SSSR count). The molecule has 0 amide bonds. The monoisotopic (exact) mass is 182 g/mol. The Balaban J connectivity index is 1.84. The van der Waals surface area contributed by atoms with Crippen LogP contribution < -0.4 is 5.32 Å². The molecule has 0 saturated carbocycles. The van der Waals surface area contributed by atoms with E-state index in [0.717, 1.165) is 18.0 Å². The lowest BCUT2D eigenvalue weighted by Gasteiger charge is -2.36. The molecule has 2 unspecified atom stereocenters. The molecule has 2 heteroatoms. The van der Waals surface area contributed by atoms with Gasteiger partial charge in [0.05, 0.1) is 0 Å². The van der Waals surface area contributed by atoms with E-state index in [1.54, 1.807) is 0 Å². The lowest BCUT2D eigenvalue weighted by molar-refractivity contribution is 0.130. The summed E-state index contributed by atoms with van der Waals surface area (Å²) in [5, 5.41) is 3.26. The molecule has 2 nitrogen and oxygen atoms in total. The third kappa shape index (κ3) is 1.89.